The van der Waals surface area contributed by atoms with Crippen molar-refractivity contribution in [3.63, 3.8) is 0 Å². The van der Waals surface area contributed by atoms with Crippen molar-refractivity contribution in [1.29, 1.82) is 0 Å². The third-order valence-electron chi connectivity index (χ3n) is 2.56. The minimum Gasteiger partial charge on any atom is -0.265 e. The summed E-state index contributed by atoms with van der Waals surface area (Å²) in [7, 11) is 1.84. The molecule has 0 unspecified atom stereocenters. The van der Waals surface area contributed by atoms with E-state index in [-0.39, 0.29) is 0 Å². The second kappa shape index (κ2) is 3.34. The summed E-state index contributed by atoms with van der Waals surface area (Å²) in [6, 6.07) is 5.48. The van der Waals surface area contributed by atoms with Crippen molar-refractivity contribution in [2.24, 2.45) is 7.05 Å². The lowest BCUT2D eigenvalue weighted by molar-refractivity contribution is 0.797. The lowest BCUT2D eigenvalue weighted by Gasteiger charge is -2.03. The largest absolute Gasteiger partial charge is 0.265 e. The minimum atomic E-state index is 0.641. The van der Waals surface area contributed by atoms with Gasteiger partial charge in [0, 0.05) is 17.5 Å². The quantitative estimate of drug-likeness (QED) is 0.613. The molecule has 0 bridgehead atoms. The lowest BCUT2D eigenvalue weighted by Crippen LogP contribution is -1.91. The summed E-state index contributed by atoms with van der Waals surface area (Å²) < 4.78 is 1.71. The molecule has 0 saturated carbocycles. The summed E-state index contributed by atoms with van der Waals surface area (Å²) in [6.45, 7) is 0. The second-order valence-corrected chi connectivity index (χ2v) is 4.40. The molecule has 2 aromatic heterocycles. The van der Waals surface area contributed by atoms with E-state index in [0.717, 1.165) is 21.9 Å². The maximum absolute atomic E-state index is 6.33. The number of hydrogen-bond donors (Lipinski definition) is 0. The summed E-state index contributed by atoms with van der Waals surface area (Å²) in [5.41, 5.74) is 2.45. The molecule has 3 nitrogen and oxygen atoms in total. The Balaban J connectivity index is 2.58. The lowest BCUT2D eigenvalue weighted by atomic mass is 10.2. The first-order valence-corrected chi connectivity index (χ1v) is 5.49. The van der Waals surface area contributed by atoms with E-state index in [1.165, 1.54) is 0 Å². The topological polar surface area (TPSA) is 30.7 Å². The van der Waals surface area contributed by atoms with E-state index in [4.69, 9.17) is 23.2 Å². The van der Waals surface area contributed by atoms with Gasteiger partial charge in [-0.3, -0.25) is 4.68 Å². The zero-order chi connectivity index (χ0) is 11.3. The van der Waals surface area contributed by atoms with Gasteiger partial charge in [0.25, 0.3) is 0 Å². The molecule has 0 fully saturated rings. The van der Waals surface area contributed by atoms with Crippen LogP contribution in [0, 0.1) is 0 Å². The molecule has 1 aromatic carbocycles. The minimum absolute atomic E-state index is 0.641. The fourth-order valence-electron chi connectivity index (χ4n) is 1.80. The summed E-state index contributed by atoms with van der Waals surface area (Å²) >= 11 is 12.3. The van der Waals surface area contributed by atoms with Crippen LogP contribution in [0.3, 0.4) is 0 Å². The molecule has 80 valence electrons. The zero-order valence-electron chi connectivity index (χ0n) is 8.41. The first-order chi connectivity index (χ1) is 7.66. The molecule has 0 spiro atoms. The Hall–Kier alpha value is -1.32. The van der Waals surface area contributed by atoms with Gasteiger partial charge in [-0.15, -0.1) is 0 Å². The number of nitrogens with zero attached hydrogens (tertiary/aromatic N) is 3. The number of rotatable bonds is 0. The molecule has 5 heteroatoms. The van der Waals surface area contributed by atoms with Crippen LogP contribution in [-0.2, 0) is 7.05 Å². The molecule has 16 heavy (non-hydrogen) atoms. The van der Waals surface area contributed by atoms with Gasteiger partial charge in [0.15, 0.2) is 0 Å². The Morgan fingerprint density at radius 1 is 1.19 bits per heavy atom. The maximum atomic E-state index is 6.33. The standard InChI is InChI=1S/C11H7Cl2N3/c1-16-11-9(5-14-16)15-8-3-2-6(12)4-7(8)10(11)13/h2-5H,1H3. The van der Waals surface area contributed by atoms with Gasteiger partial charge in [-0.2, -0.15) is 5.10 Å². The molecule has 0 radical (unpaired) electrons. The second-order valence-electron chi connectivity index (χ2n) is 3.59. The van der Waals surface area contributed by atoms with E-state index in [0.29, 0.717) is 10.0 Å². The Bertz CT molecular complexity index is 703. The van der Waals surface area contributed by atoms with Gasteiger partial charge in [0.2, 0.25) is 0 Å². The molecule has 0 amide bonds. The number of aromatic nitrogens is 3. The summed E-state index contributed by atoms with van der Waals surface area (Å²) in [5, 5.41) is 6.28. The van der Waals surface area contributed by atoms with Crippen molar-refractivity contribution < 1.29 is 0 Å². The molecule has 0 N–H and O–H groups in total. The molecule has 0 aliphatic heterocycles. The Morgan fingerprint density at radius 2 is 2.00 bits per heavy atom. The van der Waals surface area contributed by atoms with Gasteiger partial charge in [-0.25, -0.2) is 4.98 Å². The van der Waals surface area contributed by atoms with Crippen LogP contribution >= 0.6 is 23.2 Å². The van der Waals surface area contributed by atoms with Gasteiger partial charge >= 0.3 is 0 Å². The van der Waals surface area contributed by atoms with Crippen LogP contribution in [0.4, 0.5) is 0 Å². The van der Waals surface area contributed by atoms with Crippen LogP contribution in [0.15, 0.2) is 24.4 Å². The van der Waals surface area contributed by atoms with Crippen LogP contribution in [0.25, 0.3) is 21.9 Å². The molecule has 3 aromatic rings. The molecular weight excluding hydrogens is 245 g/mol. The van der Waals surface area contributed by atoms with Crippen molar-refractivity contribution in [2.45, 2.75) is 0 Å². The van der Waals surface area contributed by atoms with Gasteiger partial charge in [-0.05, 0) is 18.2 Å². The first-order valence-electron chi connectivity index (χ1n) is 4.73. The zero-order valence-corrected chi connectivity index (χ0v) is 9.92. The molecule has 0 atom stereocenters. The number of fused-ring (bicyclic) bond motifs is 2. The van der Waals surface area contributed by atoms with Gasteiger partial charge in [-0.1, -0.05) is 23.2 Å². The van der Waals surface area contributed by atoms with Crippen molar-refractivity contribution in [1.82, 2.24) is 14.8 Å². The predicted molar refractivity (Wildman–Crippen MR) is 66.0 cm³/mol. The number of hydrogen-bond acceptors (Lipinski definition) is 2. The Labute approximate surface area is 102 Å². The van der Waals surface area contributed by atoms with Crippen molar-refractivity contribution in [2.75, 3.05) is 0 Å². The van der Waals surface area contributed by atoms with Gasteiger partial charge in [0.05, 0.1) is 16.7 Å². The first kappa shape index (κ1) is 9.87. The van der Waals surface area contributed by atoms with Crippen LogP contribution < -0.4 is 0 Å². The number of halogens is 2. The van der Waals surface area contributed by atoms with E-state index in [9.17, 15) is 0 Å². The van der Waals surface area contributed by atoms with Gasteiger partial charge in [0.1, 0.15) is 11.0 Å². The van der Waals surface area contributed by atoms with Crippen molar-refractivity contribution in [3.05, 3.63) is 34.4 Å². The number of aryl methyl sites for hydroxylation is 1. The molecule has 0 aliphatic rings. The monoisotopic (exact) mass is 251 g/mol. The third kappa shape index (κ3) is 1.29. The molecular formula is C11H7Cl2N3. The van der Waals surface area contributed by atoms with Gasteiger partial charge < -0.3 is 0 Å². The van der Waals surface area contributed by atoms with E-state index in [2.05, 4.69) is 10.1 Å². The van der Waals surface area contributed by atoms with Crippen LogP contribution in [0.5, 0.6) is 0 Å². The van der Waals surface area contributed by atoms with Crippen molar-refractivity contribution in [3.8, 4) is 0 Å². The highest BCUT2D eigenvalue weighted by atomic mass is 35.5. The maximum Gasteiger partial charge on any atom is 0.111 e. The average molecular weight is 252 g/mol. The normalized spacial score (nSPS) is 11.4. The number of pyridine rings is 1. The Morgan fingerprint density at radius 3 is 2.81 bits per heavy atom. The van der Waals surface area contributed by atoms with E-state index < -0.39 is 0 Å². The fraction of sp³-hybridized carbons (Fsp3) is 0.0909. The molecule has 2 heterocycles. The SMILES string of the molecule is Cn1ncc2nc3ccc(Cl)cc3c(Cl)c21. The average Bonchev–Trinajstić information content (AvgIpc) is 2.62. The molecule has 3 rings (SSSR count). The summed E-state index contributed by atoms with van der Waals surface area (Å²) in [6.07, 6.45) is 1.70. The van der Waals surface area contributed by atoms with Crippen LogP contribution in [0.1, 0.15) is 0 Å². The molecule has 0 saturated heterocycles. The third-order valence-corrected chi connectivity index (χ3v) is 3.18. The molecule has 0 aliphatic carbocycles. The Kier molecular flexibility index (Phi) is 2.06. The van der Waals surface area contributed by atoms with E-state index in [1.807, 2.05) is 19.2 Å². The van der Waals surface area contributed by atoms with Crippen molar-refractivity contribution >= 4 is 45.1 Å². The highest BCUT2D eigenvalue weighted by molar-refractivity contribution is 6.40. The highest BCUT2D eigenvalue weighted by Crippen LogP contribution is 2.31. The summed E-state index contributed by atoms with van der Waals surface area (Å²) in [4.78, 5) is 4.47. The van der Waals surface area contributed by atoms with Crippen LogP contribution in [0.2, 0.25) is 10.0 Å². The number of benzene rings is 1. The van der Waals surface area contributed by atoms with E-state index >= 15 is 0 Å². The predicted octanol–water partition coefficient (Wildman–Crippen LogP) is 3.43. The van der Waals surface area contributed by atoms with E-state index in [1.54, 1.807) is 16.9 Å². The fourth-order valence-corrected chi connectivity index (χ4v) is 2.34. The van der Waals surface area contributed by atoms with Crippen LogP contribution in [-0.4, -0.2) is 14.8 Å². The smallest absolute Gasteiger partial charge is 0.111 e. The summed E-state index contributed by atoms with van der Waals surface area (Å²) in [5.74, 6) is 0. The highest BCUT2D eigenvalue weighted by Gasteiger charge is 2.10.